The van der Waals surface area contributed by atoms with Crippen molar-refractivity contribution >= 4 is 11.8 Å². The fourth-order valence-corrected chi connectivity index (χ4v) is 3.15. The summed E-state index contributed by atoms with van der Waals surface area (Å²) in [5.74, 6) is -1.46. The average Bonchev–Trinajstić information content (AvgIpc) is 2.78. The summed E-state index contributed by atoms with van der Waals surface area (Å²) in [4.78, 5) is 23.0. The van der Waals surface area contributed by atoms with E-state index in [9.17, 15) is 14.8 Å². The van der Waals surface area contributed by atoms with Gasteiger partial charge < -0.3 is 15.4 Å². The number of hydroxylamine groups is 2. The number of ketones is 1. The summed E-state index contributed by atoms with van der Waals surface area (Å²) in [5.41, 5.74) is 0.766. The Labute approximate surface area is 106 Å². The second-order valence-corrected chi connectivity index (χ2v) is 6.01. The van der Waals surface area contributed by atoms with Crippen molar-refractivity contribution < 1.29 is 19.8 Å². The number of carbonyl (C=O) groups is 2. The standard InChI is InChI=1S/C13H19NO4/c1-6-7(2)14(18)9(11(6)15)5-8-10(12(16)17)13(8,3)4/h8-10,14H,5H2,1-4H3,(H,16,17). The zero-order valence-corrected chi connectivity index (χ0v) is 11.1. The van der Waals surface area contributed by atoms with Gasteiger partial charge in [-0.3, -0.25) is 9.59 Å². The van der Waals surface area contributed by atoms with Gasteiger partial charge in [0.15, 0.2) is 6.04 Å². The average molecular weight is 253 g/mol. The molecule has 1 aliphatic carbocycles. The largest absolute Gasteiger partial charge is 0.629 e. The Kier molecular flexibility index (Phi) is 2.87. The number of hydrogen-bond donors (Lipinski definition) is 2. The Bertz CT molecular complexity index is 452. The van der Waals surface area contributed by atoms with E-state index in [1.807, 2.05) is 13.8 Å². The number of Topliss-reactive ketones (excluding diaryl/α,β-unsaturated/α-hetero) is 1. The second kappa shape index (κ2) is 3.90. The van der Waals surface area contributed by atoms with Gasteiger partial charge >= 0.3 is 5.97 Å². The molecule has 0 aromatic rings. The van der Waals surface area contributed by atoms with Crippen LogP contribution in [-0.2, 0) is 9.59 Å². The fourth-order valence-electron chi connectivity index (χ4n) is 3.15. The van der Waals surface area contributed by atoms with E-state index in [4.69, 9.17) is 5.11 Å². The van der Waals surface area contributed by atoms with E-state index in [0.29, 0.717) is 17.7 Å². The van der Waals surface area contributed by atoms with Crippen LogP contribution in [0, 0.1) is 22.5 Å². The molecule has 18 heavy (non-hydrogen) atoms. The lowest BCUT2D eigenvalue weighted by Crippen LogP contribution is -3.08. The third-order valence-electron chi connectivity index (χ3n) is 4.74. The second-order valence-electron chi connectivity index (χ2n) is 6.01. The number of nitrogens with one attached hydrogen (secondary N) is 1. The van der Waals surface area contributed by atoms with Gasteiger partial charge in [-0.15, -0.1) is 0 Å². The molecule has 1 heterocycles. The number of aliphatic carboxylic acids is 1. The predicted octanol–water partition coefficient (Wildman–Crippen LogP) is 0.361. The molecule has 5 nitrogen and oxygen atoms in total. The molecule has 1 fully saturated rings. The van der Waals surface area contributed by atoms with Gasteiger partial charge in [0, 0.05) is 13.3 Å². The summed E-state index contributed by atoms with van der Waals surface area (Å²) in [7, 11) is 0. The molecule has 2 N–H and O–H groups in total. The highest BCUT2D eigenvalue weighted by Crippen LogP contribution is 2.60. The Balaban J connectivity index is 2.10. The molecule has 0 aromatic carbocycles. The minimum atomic E-state index is -0.829. The van der Waals surface area contributed by atoms with Crippen molar-refractivity contribution in [1.29, 1.82) is 0 Å². The Morgan fingerprint density at radius 2 is 2.00 bits per heavy atom. The highest BCUT2D eigenvalue weighted by molar-refractivity contribution is 6.00. The van der Waals surface area contributed by atoms with Gasteiger partial charge in [-0.1, -0.05) is 13.8 Å². The van der Waals surface area contributed by atoms with Crippen LogP contribution >= 0.6 is 0 Å². The minimum Gasteiger partial charge on any atom is -0.629 e. The van der Waals surface area contributed by atoms with E-state index in [1.165, 1.54) is 0 Å². The van der Waals surface area contributed by atoms with Crippen molar-refractivity contribution in [1.82, 2.24) is 0 Å². The van der Waals surface area contributed by atoms with Gasteiger partial charge in [-0.25, -0.2) is 0 Å². The van der Waals surface area contributed by atoms with Crippen LogP contribution in [0.3, 0.4) is 0 Å². The maximum Gasteiger partial charge on any atom is 0.307 e. The minimum absolute atomic E-state index is 0.0772. The van der Waals surface area contributed by atoms with E-state index < -0.39 is 17.9 Å². The highest BCUT2D eigenvalue weighted by Gasteiger charge is 2.63. The van der Waals surface area contributed by atoms with E-state index >= 15 is 0 Å². The van der Waals surface area contributed by atoms with Crippen LogP contribution in [0.25, 0.3) is 0 Å². The first-order valence-electron chi connectivity index (χ1n) is 6.18. The maximum atomic E-state index is 12.0. The monoisotopic (exact) mass is 253 g/mol. The number of allylic oxidation sites excluding steroid dienone is 1. The first kappa shape index (κ1) is 13.2. The van der Waals surface area contributed by atoms with Crippen molar-refractivity contribution in [2.24, 2.45) is 17.3 Å². The molecule has 0 aromatic heterocycles. The zero-order valence-electron chi connectivity index (χ0n) is 11.1. The molecule has 0 bridgehead atoms. The van der Waals surface area contributed by atoms with Crippen LogP contribution in [0.2, 0.25) is 0 Å². The van der Waals surface area contributed by atoms with Crippen molar-refractivity contribution in [3.63, 3.8) is 0 Å². The summed E-state index contributed by atoms with van der Waals surface area (Å²) < 4.78 is 0. The molecule has 4 atom stereocenters. The molecule has 1 aliphatic heterocycles. The summed E-state index contributed by atoms with van der Waals surface area (Å²) in [6, 6.07) is -0.640. The first-order chi connectivity index (χ1) is 8.19. The number of carboxylic acid groups (broad SMARTS) is 1. The van der Waals surface area contributed by atoms with Crippen molar-refractivity contribution in [2.75, 3.05) is 0 Å². The quantitative estimate of drug-likeness (QED) is 0.712. The number of carboxylic acids is 1. The van der Waals surface area contributed by atoms with Gasteiger partial charge in [0.05, 0.1) is 11.5 Å². The summed E-state index contributed by atoms with van der Waals surface area (Å²) >= 11 is 0. The number of rotatable bonds is 3. The van der Waals surface area contributed by atoms with E-state index in [1.54, 1.807) is 13.8 Å². The molecule has 2 rings (SSSR count). The van der Waals surface area contributed by atoms with Crippen LogP contribution in [0.5, 0.6) is 0 Å². The van der Waals surface area contributed by atoms with E-state index in [2.05, 4.69) is 0 Å². The van der Waals surface area contributed by atoms with Gasteiger partial charge in [-0.2, -0.15) is 0 Å². The molecule has 0 saturated heterocycles. The molecule has 5 heteroatoms. The van der Waals surface area contributed by atoms with Crippen LogP contribution in [0.1, 0.15) is 34.1 Å². The van der Waals surface area contributed by atoms with Crippen molar-refractivity contribution in [3.05, 3.63) is 16.5 Å². The highest BCUT2D eigenvalue weighted by atomic mass is 16.5. The number of carbonyl (C=O) groups excluding carboxylic acids is 1. The molecular weight excluding hydrogens is 234 g/mol. The van der Waals surface area contributed by atoms with E-state index in [0.717, 1.165) is 0 Å². The summed E-state index contributed by atoms with van der Waals surface area (Å²) in [6.07, 6.45) is 0.371. The Morgan fingerprint density at radius 1 is 1.44 bits per heavy atom. The van der Waals surface area contributed by atoms with Gasteiger partial charge in [0.25, 0.3) is 0 Å². The van der Waals surface area contributed by atoms with Crippen LogP contribution in [0.15, 0.2) is 11.3 Å². The maximum absolute atomic E-state index is 12.0. The fraction of sp³-hybridized carbons (Fsp3) is 0.692. The lowest BCUT2D eigenvalue weighted by atomic mass is 10.00. The lowest BCUT2D eigenvalue weighted by molar-refractivity contribution is -0.820. The molecule has 4 unspecified atom stereocenters. The number of quaternary nitrogens is 1. The van der Waals surface area contributed by atoms with E-state index in [-0.39, 0.29) is 22.2 Å². The Morgan fingerprint density at radius 3 is 2.33 bits per heavy atom. The lowest BCUT2D eigenvalue weighted by Gasteiger charge is -2.24. The summed E-state index contributed by atoms with van der Waals surface area (Å²) in [6.45, 7) is 7.10. The SMILES string of the molecule is CC1=C(C)[NH+]([O-])C(CC2C(C(=O)O)C2(C)C)C1=O. The molecule has 0 spiro atoms. The first-order valence-corrected chi connectivity index (χ1v) is 6.18. The third kappa shape index (κ3) is 1.69. The molecule has 0 radical (unpaired) electrons. The van der Waals surface area contributed by atoms with Gasteiger partial charge in [0.1, 0.15) is 5.70 Å². The molecule has 2 aliphatic rings. The predicted molar refractivity (Wildman–Crippen MR) is 64.5 cm³/mol. The van der Waals surface area contributed by atoms with Crippen LogP contribution in [0.4, 0.5) is 0 Å². The smallest absolute Gasteiger partial charge is 0.307 e. The molecule has 1 saturated carbocycles. The molecular formula is C13H19NO4. The summed E-state index contributed by atoms with van der Waals surface area (Å²) in [5, 5.41) is 20.9. The Hall–Kier alpha value is -1.20. The third-order valence-corrected chi connectivity index (χ3v) is 4.74. The number of hydrogen-bond acceptors (Lipinski definition) is 3. The van der Waals surface area contributed by atoms with Gasteiger partial charge in [0.2, 0.25) is 5.78 Å². The van der Waals surface area contributed by atoms with Crippen LogP contribution < -0.4 is 5.06 Å². The normalized spacial score (nSPS) is 38.2. The van der Waals surface area contributed by atoms with Crippen LogP contribution in [-0.4, -0.2) is 22.9 Å². The zero-order chi connectivity index (χ0) is 13.8. The topological polar surface area (TPSA) is 81.9 Å². The molecule has 100 valence electrons. The molecule has 0 amide bonds. The van der Waals surface area contributed by atoms with Gasteiger partial charge in [-0.05, 0) is 18.3 Å². The van der Waals surface area contributed by atoms with Crippen molar-refractivity contribution in [2.45, 2.75) is 40.2 Å². The van der Waals surface area contributed by atoms with Crippen molar-refractivity contribution in [3.8, 4) is 0 Å².